The number of rotatable bonds is 3. The van der Waals surface area contributed by atoms with E-state index in [9.17, 15) is 23.2 Å². The molecule has 2 N–H and O–H groups in total. The van der Waals surface area contributed by atoms with Crippen molar-refractivity contribution in [1.82, 2.24) is 9.55 Å². The van der Waals surface area contributed by atoms with Gasteiger partial charge in [0.2, 0.25) is 0 Å². The predicted molar refractivity (Wildman–Crippen MR) is 134 cm³/mol. The Labute approximate surface area is 210 Å². The third-order valence-electron chi connectivity index (χ3n) is 5.88. The molecular formula is C24H28F3N5O3S. The molecule has 1 atom stereocenters. The van der Waals surface area contributed by atoms with Gasteiger partial charge in [0, 0.05) is 26.2 Å². The Balaban J connectivity index is 0.000000223. The van der Waals surface area contributed by atoms with E-state index < -0.39 is 6.36 Å². The molecule has 12 heteroatoms. The number of ether oxygens (including phenoxy) is 2. The maximum atomic E-state index is 12.5. The number of nitrogen functional groups attached to an aromatic ring is 1. The maximum absolute atomic E-state index is 12.5. The van der Waals surface area contributed by atoms with E-state index in [-0.39, 0.29) is 28.3 Å². The predicted octanol–water partition coefficient (Wildman–Crippen LogP) is 4.98. The molecule has 8 nitrogen and oxygen atoms in total. The molecule has 0 saturated carbocycles. The van der Waals surface area contributed by atoms with E-state index in [2.05, 4.69) is 27.6 Å². The zero-order chi connectivity index (χ0) is 26.6. The van der Waals surface area contributed by atoms with Crippen LogP contribution in [-0.4, -0.2) is 36.1 Å². The molecule has 194 valence electrons. The second kappa shape index (κ2) is 11.1. The van der Waals surface area contributed by atoms with Crippen molar-refractivity contribution in [2.24, 2.45) is 13.0 Å². The van der Waals surface area contributed by atoms with E-state index in [0.29, 0.717) is 5.92 Å². The molecule has 3 heterocycles. The van der Waals surface area contributed by atoms with E-state index in [1.165, 1.54) is 30.9 Å². The summed E-state index contributed by atoms with van der Waals surface area (Å²) in [6, 6.07) is 5.59. The lowest BCUT2D eigenvalue weighted by Crippen LogP contribution is -2.30. The molecule has 0 amide bonds. The van der Waals surface area contributed by atoms with Gasteiger partial charge in [0.25, 0.3) is 5.56 Å². The first kappa shape index (κ1) is 27.1. The van der Waals surface area contributed by atoms with Gasteiger partial charge in [0.1, 0.15) is 33.5 Å². The molecule has 1 saturated heterocycles. The molecule has 2 aromatic heterocycles. The Morgan fingerprint density at radius 2 is 2.00 bits per heavy atom. The molecule has 0 bridgehead atoms. The Morgan fingerprint density at radius 1 is 1.28 bits per heavy atom. The Morgan fingerprint density at radius 3 is 2.64 bits per heavy atom. The van der Waals surface area contributed by atoms with Gasteiger partial charge in [-0.05, 0) is 44.2 Å². The zero-order valence-electron chi connectivity index (χ0n) is 20.5. The molecule has 0 aliphatic carbocycles. The average molecular weight is 524 g/mol. The number of methoxy groups -OCH3 is 1. The van der Waals surface area contributed by atoms with Crippen LogP contribution in [0, 0.1) is 24.2 Å². The van der Waals surface area contributed by atoms with Crippen molar-refractivity contribution in [3.63, 3.8) is 0 Å². The van der Waals surface area contributed by atoms with E-state index in [1.807, 2.05) is 6.92 Å². The number of alkyl halides is 3. The van der Waals surface area contributed by atoms with Crippen molar-refractivity contribution >= 4 is 33.1 Å². The molecule has 0 spiro atoms. The van der Waals surface area contributed by atoms with Crippen LogP contribution in [0.15, 0.2) is 23.0 Å². The quantitative estimate of drug-likeness (QED) is 0.483. The minimum absolute atomic E-state index is 0.145. The van der Waals surface area contributed by atoms with Gasteiger partial charge in [0.05, 0.1) is 23.5 Å². The summed E-state index contributed by atoms with van der Waals surface area (Å²) in [5.41, 5.74) is 7.22. The number of fused-ring (bicyclic) bond motifs is 1. The number of hydrogen-bond donors (Lipinski definition) is 1. The average Bonchev–Trinajstić information content (AvgIpc) is 3.07. The van der Waals surface area contributed by atoms with E-state index >= 15 is 0 Å². The normalized spacial score (nSPS) is 16.1. The van der Waals surface area contributed by atoms with Gasteiger partial charge in [-0.1, -0.05) is 6.92 Å². The van der Waals surface area contributed by atoms with Gasteiger partial charge in [-0.25, -0.2) is 4.98 Å². The van der Waals surface area contributed by atoms with Gasteiger partial charge in [0.15, 0.2) is 0 Å². The maximum Gasteiger partial charge on any atom is 0.573 e. The zero-order valence-corrected chi connectivity index (χ0v) is 21.3. The van der Waals surface area contributed by atoms with E-state index in [4.69, 9.17) is 10.5 Å². The van der Waals surface area contributed by atoms with Crippen LogP contribution in [-0.2, 0) is 7.05 Å². The lowest BCUT2D eigenvalue weighted by molar-refractivity contribution is -0.274. The summed E-state index contributed by atoms with van der Waals surface area (Å²) in [4.78, 5) is 20.2. The Bertz CT molecular complexity index is 1330. The first-order chi connectivity index (χ1) is 16.9. The van der Waals surface area contributed by atoms with Gasteiger partial charge < -0.3 is 24.7 Å². The summed E-state index contributed by atoms with van der Waals surface area (Å²) in [7, 11) is 3.03. The number of nitrogens with zero attached hydrogens (tertiary/aromatic N) is 4. The van der Waals surface area contributed by atoms with Crippen LogP contribution in [0.25, 0.3) is 10.3 Å². The second-order valence-electron chi connectivity index (χ2n) is 8.56. The summed E-state index contributed by atoms with van der Waals surface area (Å²) in [6.07, 6.45) is -1.33. The second-order valence-corrected chi connectivity index (χ2v) is 9.74. The Kier molecular flexibility index (Phi) is 8.35. The van der Waals surface area contributed by atoms with Crippen LogP contribution in [0.2, 0.25) is 0 Å². The number of hydrogen-bond acceptors (Lipinski definition) is 8. The summed E-state index contributed by atoms with van der Waals surface area (Å²) < 4.78 is 45.3. The van der Waals surface area contributed by atoms with Crippen LogP contribution in [0.5, 0.6) is 11.5 Å². The lowest BCUT2D eigenvalue weighted by atomic mass is 10.0. The number of benzene rings is 1. The molecule has 1 aliphatic heterocycles. The van der Waals surface area contributed by atoms with Crippen LogP contribution < -0.4 is 25.7 Å². The summed E-state index contributed by atoms with van der Waals surface area (Å²) >= 11 is 1.51. The summed E-state index contributed by atoms with van der Waals surface area (Å²) in [5, 5.41) is 10.4. The Hall–Kier alpha value is -3.46. The van der Waals surface area contributed by atoms with Crippen LogP contribution in [0.1, 0.15) is 36.8 Å². The molecule has 1 aliphatic rings. The molecule has 36 heavy (non-hydrogen) atoms. The van der Waals surface area contributed by atoms with Gasteiger partial charge in [-0.3, -0.25) is 4.79 Å². The van der Waals surface area contributed by atoms with Gasteiger partial charge in [-0.2, -0.15) is 5.26 Å². The van der Waals surface area contributed by atoms with Gasteiger partial charge in [-0.15, -0.1) is 24.5 Å². The minimum Gasteiger partial charge on any atom is -0.494 e. The van der Waals surface area contributed by atoms with E-state index in [0.717, 1.165) is 59.1 Å². The van der Waals surface area contributed by atoms with Crippen molar-refractivity contribution in [2.45, 2.75) is 39.5 Å². The van der Waals surface area contributed by atoms with Gasteiger partial charge >= 0.3 is 6.36 Å². The molecule has 4 rings (SSSR count). The monoisotopic (exact) mass is 523 g/mol. The first-order valence-electron chi connectivity index (χ1n) is 11.3. The smallest absolute Gasteiger partial charge is 0.494 e. The fraction of sp³-hybridized carbons (Fsp3) is 0.458. The standard InChI is InChI=1S/C16H20N4OS.C8H8F3NO2/c1-10-5-4-7-20(8-6-10)14-12(9-17)15(21)19(3)16-13(14)18-11(2)22-16;1-13-7-4-5(2-3-6(7)12)14-8(9,10)11/h10H,4-8H2,1-3H3;2-4H,12H2,1H3. The number of aromatic nitrogens is 2. The van der Waals surface area contributed by atoms with Crippen molar-refractivity contribution < 1.29 is 22.6 Å². The number of thiazole rings is 1. The molecule has 1 aromatic carbocycles. The van der Waals surface area contributed by atoms with Crippen molar-refractivity contribution in [3.05, 3.63) is 39.1 Å². The third-order valence-corrected chi connectivity index (χ3v) is 6.93. The fourth-order valence-corrected chi connectivity index (χ4v) is 4.94. The SMILES string of the molecule is COc1cc(OC(F)(F)F)ccc1N.Cc1nc2c(N3CCCC(C)CC3)c(C#N)c(=O)n(C)c2s1. The van der Waals surface area contributed by atoms with Crippen molar-refractivity contribution in [1.29, 1.82) is 5.26 Å². The topological polar surface area (TPSA) is 106 Å². The number of nitriles is 1. The van der Waals surface area contributed by atoms with Crippen LogP contribution in [0.3, 0.4) is 0 Å². The highest BCUT2D eigenvalue weighted by Gasteiger charge is 2.31. The summed E-state index contributed by atoms with van der Waals surface area (Å²) in [5.74, 6) is 0.477. The van der Waals surface area contributed by atoms with E-state index in [1.54, 1.807) is 11.6 Å². The molecule has 1 unspecified atom stereocenters. The number of nitrogens with two attached hydrogens (primary N) is 1. The van der Waals surface area contributed by atoms with Crippen LogP contribution in [0.4, 0.5) is 24.5 Å². The third kappa shape index (κ3) is 6.20. The number of pyridine rings is 1. The molecule has 1 fully saturated rings. The highest BCUT2D eigenvalue weighted by molar-refractivity contribution is 7.18. The largest absolute Gasteiger partial charge is 0.573 e. The molecule has 0 radical (unpaired) electrons. The highest BCUT2D eigenvalue weighted by Crippen LogP contribution is 2.33. The van der Waals surface area contributed by atoms with Crippen LogP contribution >= 0.6 is 11.3 Å². The van der Waals surface area contributed by atoms with Crippen molar-refractivity contribution in [3.8, 4) is 17.6 Å². The fourth-order valence-electron chi connectivity index (χ4n) is 4.06. The van der Waals surface area contributed by atoms with Crippen molar-refractivity contribution in [2.75, 3.05) is 30.8 Å². The highest BCUT2D eigenvalue weighted by atomic mass is 32.1. The number of aryl methyl sites for hydroxylation is 2. The molecule has 3 aromatic rings. The minimum atomic E-state index is -4.71. The summed E-state index contributed by atoms with van der Waals surface area (Å²) in [6.45, 7) is 5.98. The molecular weight excluding hydrogens is 495 g/mol. The lowest BCUT2D eigenvalue weighted by Gasteiger charge is -2.24. The number of anilines is 2. The number of halogens is 3. The first-order valence-corrected chi connectivity index (χ1v) is 12.1.